The highest BCUT2D eigenvalue weighted by Gasteiger charge is 2.36. The number of thioether (sulfide) groups is 1. The maximum Gasteiger partial charge on any atom is 0.283 e. The fourth-order valence-electron chi connectivity index (χ4n) is 2.83. The number of hydrazone groups is 1. The van der Waals surface area contributed by atoms with E-state index >= 15 is 0 Å². The molecule has 0 spiro atoms. The number of pyridine rings is 1. The first-order valence-electron chi connectivity index (χ1n) is 9.01. The Morgan fingerprint density at radius 1 is 1.16 bits per heavy atom. The van der Waals surface area contributed by atoms with E-state index in [9.17, 15) is 4.79 Å². The summed E-state index contributed by atoms with van der Waals surface area (Å²) in [4.78, 5) is 21.7. The molecule has 0 aliphatic carbocycles. The Kier molecular flexibility index (Phi) is 5.23. The van der Waals surface area contributed by atoms with E-state index in [0.717, 1.165) is 10.5 Å². The molecule has 4 heterocycles. The average molecular weight is 466 g/mol. The molecular weight excluding hydrogens is 454 g/mol. The van der Waals surface area contributed by atoms with Gasteiger partial charge in [-0.3, -0.25) is 15.2 Å². The van der Waals surface area contributed by atoms with Gasteiger partial charge in [0.1, 0.15) is 10.8 Å². The summed E-state index contributed by atoms with van der Waals surface area (Å²) in [6.45, 7) is 0. The Labute approximate surface area is 190 Å². The maximum absolute atomic E-state index is 12.6. The number of halogens is 1. The number of nitrogens with one attached hydrogen (secondary N) is 1. The van der Waals surface area contributed by atoms with Crippen LogP contribution in [0.2, 0.25) is 5.02 Å². The number of fused-ring (bicyclic) bond motifs is 1. The summed E-state index contributed by atoms with van der Waals surface area (Å²) in [5.74, 6) is -0.106. The van der Waals surface area contributed by atoms with Crippen molar-refractivity contribution in [2.75, 3.05) is 0 Å². The number of rotatable bonds is 4. The summed E-state index contributed by atoms with van der Waals surface area (Å²) in [6, 6.07) is 14.6. The molecule has 3 aromatic rings. The van der Waals surface area contributed by atoms with Gasteiger partial charge in [0, 0.05) is 27.9 Å². The highest BCUT2D eigenvalue weighted by molar-refractivity contribution is 8.27. The molecule has 0 saturated carbocycles. The molecule has 31 heavy (non-hydrogen) atoms. The largest absolute Gasteiger partial charge is 0.450 e. The van der Waals surface area contributed by atoms with Crippen molar-refractivity contribution in [1.82, 2.24) is 9.99 Å². The molecule has 152 valence electrons. The molecule has 0 atom stereocenters. The van der Waals surface area contributed by atoms with Crippen molar-refractivity contribution in [2.45, 2.75) is 9.99 Å². The number of amides is 1. The summed E-state index contributed by atoms with van der Waals surface area (Å²) in [6.07, 6.45) is 4.86. The fraction of sp³-hybridized carbons (Fsp3) is 0. The van der Waals surface area contributed by atoms with Crippen LogP contribution >= 0.6 is 35.1 Å². The summed E-state index contributed by atoms with van der Waals surface area (Å²) < 4.78 is 5.81. The van der Waals surface area contributed by atoms with E-state index in [-0.39, 0.29) is 11.4 Å². The van der Waals surface area contributed by atoms with Crippen molar-refractivity contribution in [3.05, 3.63) is 82.8 Å². The molecule has 2 aliphatic heterocycles. The Bertz CT molecular complexity index is 1280. The molecule has 2 aromatic heterocycles. The van der Waals surface area contributed by atoms with Gasteiger partial charge in [0.15, 0.2) is 10.9 Å². The number of hydrogen-bond acceptors (Lipinski definition) is 7. The molecule has 1 amide bonds. The number of aliphatic imine (C=N–C) groups is 1. The lowest BCUT2D eigenvalue weighted by atomic mass is 10.1. The normalized spacial score (nSPS) is 17.1. The first-order chi connectivity index (χ1) is 15.1. The van der Waals surface area contributed by atoms with Gasteiger partial charge in [0.25, 0.3) is 5.91 Å². The van der Waals surface area contributed by atoms with Crippen molar-refractivity contribution < 1.29 is 9.21 Å². The SMILES string of the molecule is N=C1C(=Cc2ccc(Sc3ccc(Cl)cc3)o2)C(=O)N=C2SC(c3cccnc3)=NN12. The summed E-state index contributed by atoms with van der Waals surface area (Å²) in [5, 5.41) is 16.6. The van der Waals surface area contributed by atoms with E-state index < -0.39 is 5.91 Å². The molecule has 0 radical (unpaired) electrons. The Balaban J connectivity index is 1.38. The Hall–Kier alpha value is -3.14. The van der Waals surface area contributed by atoms with Gasteiger partial charge in [0.2, 0.25) is 5.17 Å². The van der Waals surface area contributed by atoms with E-state index in [1.165, 1.54) is 34.6 Å². The highest BCUT2D eigenvalue weighted by atomic mass is 35.5. The number of carbonyl (C=O) groups is 1. The van der Waals surface area contributed by atoms with Gasteiger partial charge < -0.3 is 4.42 Å². The first-order valence-corrected chi connectivity index (χ1v) is 11.0. The van der Waals surface area contributed by atoms with Crippen LogP contribution in [0.25, 0.3) is 6.08 Å². The lowest BCUT2D eigenvalue weighted by Crippen LogP contribution is -2.35. The second-order valence-corrected chi connectivity index (χ2v) is 8.85. The second-order valence-electron chi connectivity index (χ2n) is 6.38. The third-order valence-corrected chi connectivity index (χ3v) is 6.42. The summed E-state index contributed by atoms with van der Waals surface area (Å²) in [7, 11) is 0. The van der Waals surface area contributed by atoms with Crippen LogP contribution in [0.3, 0.4) is 0 Å². The van der Waals surface area contributed by atoms with E-state index in [0.29, 0.717) is 26.1 Å². The predicted molar refractivity (Wildman–Crippen MR) is 123 cm³/mol. The standard InChI is InChI=1S/C21H12ClN5O2S2/c22-13-3-6-15(7-4-13)30-17-8-5-14(29-17)10-16-18(23)27-21(25-19(16)28)31-20(26-27)12-2-1-9-24-11-12/h1-11,23H. The molecule has 10 heteroatoms. The van der Waals surface area contributed by atoms with Crippen LogP contribution < -0.4 is 0 Å². The number of benzene rings is 1. The third kappa shape index (κ3) is 4.07. The van der Waals surface area contributed by atoms with Crippen LogP contribution in [-0.4, -0.2) is 31.9 Å². The molecule has 0 bridgehead atoms. The monoisotopic (exact) mass is 465 g/mol. The second kappa shape index (κ2) is 8.18. The van der Waals surface area contributed by atoms with Crippen molar-refractivity contribution in [2.24, 2.45) is 10.1 Å². The number of furan rings is 1. The lowest BCUT2D eigenvalue weighted by Gasteiger charge is -2.19. The zero-order chi connectivity index (χ0) is 21.4. The lowest BCUT2D eigenvalue weighted by molar-refractivity contribution is -0.114. The minimum absolute atomic E-state index is 0.0512. The zero-order valence-electron chi connectivity index (χ0n) is 15.7. The van der Waals surface area contributed by atoms with E-state index in [1.54, 1.807) is 24.5 Å². The van der Waals surface area contributed by atoms with Crippen molar-refractivity contribution in [1.29, 1.82) is 5.41 Å². The molecule has 1 aromatic carbocycles. The molecule has 1 N–H and O–H groups in total. The van der Waals surface area contributed by atoms with Crippen molar-refractivity contribution in [3.8, 4) is 0 Å². The summed E-state index contributed by atoms with van der Waals surface area (Å²) >= 11 is 8.58. The molecule has 2 aliphatic rings. The van der Waals surface area contributed by atoms with Gasteiger partial charge in [-0.25, -0.2) is 0 Å². The van der Waals surface area contributed by atoms with Gasteiger partial charge in [-0.2, -0.15) is 15.1 Å². The zero-order valence-corrected chi connectivity index (χ0v) is 18.0. The van der Waals surface area contributed by atoms with Crippen LogP contribution in [0, 0.1) is 5.41 Å². The number of nitrogens with zero attached hydrogens (tertiary/aromatic N) is 4. The van der Waals surface area contributed by atoms with Crippen LogP contribution in [-0.2, 0) is 4.79 Å². The van der Waals surface area contributed by atoms with Crippen LogP contribution in [0.5, 0.6) is 0 Å². The topological polar surface area (TPSA) is 94.9 Å². The van der Waals surface area contributed by atoms with Gasteiger partial charge in [-0.1, -0.05) is 23.4 Å². The van der Waals surface area contributed by atoms with Crippen molar-refractivity contribution >= 4 is 63.2 Å². The van der Waals surface area contributed by atoms with E-state index in [2.05, 4.69) is 15.1 Å². The number of aromatic nitrogens is 1. The maximum atomic E-state index is 12.6. The first kappa shape index (κ1) is 19.8. The fourth-order valence-corrected chi connectivity index (χ4v) is 4.61. The molecule has 0 saturated heterocycles. The predicted octanol–water partition coefficient (Wildman–Crippen LogP) is 5.15. The van der Waals surface area contributed by atoms with Crippen LogP contribution in [0.15, 0.2) is 91.0 Å². The smallest absolute Gasteiger partial charge is 0.283 e. The number of carbonyl (C=O) groups excluding carboxylic acids is 1. The van der Waals surface area contributed by atoms with E-state index in [4.69, 9.17) is 21.4 Å². The molecule has 7 nitrogen and oxygen atoms in total. The number of hydrogen-bond donors (Lipinski definition) is 1. The van der Waals surface area contributed by atoms with Crippen LogP contribution in [0.1, 0.15) is 11.3 Å². The van der Waals surface area contributed by atoms with Gasteiger partial charge in [-0.05, 0) is 66.4 Å². The Morgan fingerprint density at radius 2 is 2.00 bits per heavy atom. The van der Waals surface area contributed by atoms with Crippen molar-refractivity contribution in [3.63, 3.8) is 0 Å². The third-order valence-electron chi connectivity index (χ3n) is 4.28. The van der Waals surface area contributed by atoms with E-state index in [1.807, 2.05) is 36.4 Å². The molecule has 5 rings (SSSR count). The van der Waals surface area contributed by atoms with Crippen LogP contribution in [0.4, 0.5) is 0 Å². The summed E-state index contributed by atoms with van der Waals surface area (Å²) in [5.41, 5.74) is 0.906. The number of amidine groups is 2. The average Bonchev–Trinajstić information content (AvgIpc) is 3.40. The molecular formula is C21H12ClN5O2S2. The minimum atomic E-state index is -0.505. The highest BCUT2D eigenvalue weighted by Crippen LogP contribution is 2.33. The molecule has 0 fully saturated rings. The van der Waals surface area contributed by atoms with Gasteiger partial charge in [0.05, 0.1) is 5.57 Å². The molecule has 0 unspecified atom stereocenters. The Morgan fingerprint density at radius 3 is 2.77 bits per heavy atom. The minimum Gasteiger partial charge on any atom is -0.450 e. The quantitative estimate of drug-likeness (QED) is 0.535. The van der Waals surface area contributed by atoms with Gasteiger partial charge >= 0.3 is 0 Å². The van der Waals surface area contributed by atoms with Gasteiger partial charge in [-0.15, -0.1) is 0 Å².